The fourth-order valence-corrected chi connectivity index (χ4v) is 4.99. The maximum atomic E-state index is 11.6. The zero-order valence-corrected chi connectivity index (χ0v) is 12.8. The summed E-state index contributed by atoms with van der Waals surface area (Å²) >= 11 is 0. The van der Waals surface area contributed by atoms with Gasteiger partial charge in [0, 0.05) is 5.56 Å². The second-order valence-corrected chi connectivity index (χ2v) is 8.40. The number of rotatable bonds is 4. The van der Waals surface area contributed by atoms with Crippen LogP contribution in [-0.4, -0.2) is 29.7 Å². The maximum Gasteiger partial charge on any atom is 0.152 e. The number of hydrogen-bond donors (Lipinski definition) is 1. The summed E-state index contributed by atoms with van der Waals surface area (Å²) in [5, 5.41) is 4.68. The Morgan fingerprint density at radius 3 is 2.60 bits per heavy atom. The van der Waals surface area contributed by atoms with Crippen molar-refractivity contribution in [3.05, 3.63) is 11.3 Å². The molecule has 2 fully saturated rings. The van der Waals surface area contributed by atoms with Gasteiger partial charge in [0.05, 0.1) is 23.2 Å². The van der Waals surface area contributed by atoms with E-state index in [1.807, 2.05) is 0 Å². The van der Waals surface area contributed by atoms with Gasteiger partial charge in [0.1, 0.15) is 5.82 Å². The molecule has 3 rings (SSSR count). The second kappa shape index (κ2) is 5.06. The lowest BCUT2D eigenvalue weighted by Crippen LogP contribution is -2.16. The summed E-state index contributed by atoms with van der Waals surface area (Å²) in [7, 11) is -2.90. The first-order valence-corrected chi connectivity index (χ1v) is 9.38. The zero-order chi connectivity index (χ0) is 14.3. The van der Waals surface area contributed by atoms with Gasteiger partial charge in [-0.3, -0.25) is 0 Å². The van der Waals surface area contributed by atoms with Gasteiger partial charge in [-0.25, -0.2) is 13.1 Å². The normalized spacial score (nSPS) is 25.8. The lowest BCUT2D eigenvalue weighted by molar-refractivity contribution is 0.310. The van der Waals surface area contributed by atoms with Crippen LogP contribution < -0.4 is 5.73 Å². The van der Waals surface area contributed by atoms with Crippen molar-refractivity contribution in [3.63, 3.8) is 0 Å². The highest BCUT2D eigenvalue weighted by Gasteiger charge is 2.32. The van der Waals surface area contributed by atoms with Crippen molar-refractivity contribution in [1.82, 2.24) is 9.78 Å². The molecule has 0 bridgehead atoms. The van der Waals surface area contributed by atoms with Crippen molar-refractivity contribution < 1.29 is 8.42 Å². The van der Waals surface area contributed by atoms with E-state index in [0.29, 0.717) is 12.2 Å². The average Bonchev–Trinajstić information content (AvgIpc) is 2.84. The summed E-state index contributed by atoms with van der Waals surface area (Å²) in [6, 6.07) is -0.0690. The Morgan fingerprint density at radius 2 is 2.10 bits per heavy atom. The predicted octanol–water partition coefficient (Wildman–Crippen LogP) is 1.73. The van der Waals surface area contributed by atoms with Gasteiger partial charge >= 0.3 is 0 Å². The minimum absolute atomic E-state index is 0.0690. The topological polar surface area (TPSA) is 78.0 Å². The molecular weight excluding hydrogens is 274 g/mol. The number of anilines is 1. The third-order valence-corrected chi connectivity index (χ3v) is 6.50. The summed E-state index contributed by atoms with van der Waals surface area (Å²) in [6.07, 6.45) is 6.40. The summed E-state index contributed by atoms with van der Waals surface area (Å²) < 4.78 is 25.1. The molecular formula is C14H23N3O2S. The van der Waals surface area contributed by atoms with Gasteiger partial charge in [-0.1, -0.05) is 26.2 Å². The van der Waals surface area contributed by atoms with Crippen molar-refractivity contribution >= 4 is 15.7 Å². The van der Waals surface area contributed by atoms with Crippen LogP contribution in [-0.2, 0) is 22.7 Å². The zero-order valence-electron chi connectivity index (χ0n) is 12.0. The average molecular weight is 297 g/mol. The van der Waals surface area contributed by atoms with Crippen LogP contribution in [0.5, 0.6) is 0 Å². The van der Waals surface area contributed by atoms with Crippen molar-refractivity contribution in [2.75, 3.05) is 17.2 Å². The van der Waals surface area contributed by atoms with Crippen LogP contribution in [0.1, 0.15) is 49.9 Å². The van der Waals surface area contributed by atoms with E-state index < -0.39 is 9.84 Å². The maximum absolute atomic E-state index is 11.6. The molecule has 0 amide bonds. The Bertz CT molecular complexity index is 602. The first-order valence-electron chi connectivity index (χ1n) is 7.56. The molecule has 0 aromatic carbocycles. The van der Waals surface area contributed by atoms with E-state index in [0.717, 1.165) is 30.0 Å². The van der Waals surface area contributed by atoms with E-state index >= 15 is 0 Å². The lowest BCUT2D eigenvalue weighted by Gasteiger charge is -2.24. The molecule has 2 N–H and O–H groups in total. The first kappa shape index (κ1) is 13.9. The largest absolute Gasteiger partial charge is 0.384 e. The quantitative estimate of drug-likeness (QED) is 0.918. The molecule has 1 atom stereocenters. The Balaban J connectivity index is 1.87. The van der Waals surface area contributed by atoms with Gasteiger partial charge in [-0.05, 0) is 25.2 Å². The van der Waals surface area contributed by atoms with E-state index in [-0.39, 0.29) is 17.5 Å². The van der Waals surface area contributed by atoms with Crippen molar-refractivity contribution in [2.24, 2.45) is 5.92 Å². The first-order chi connectivity index (χ1) is 9.50. The predicted molar refractivity (Wildman–Crippen MR) is 79.4 cm³/mol. The van der Waals surface area contributed by atoms with Crippen LogP contribution in [0.4, 0.5) is 5.82 Å². The Labute approximate surface area is 120 Å². The van der Waals surface area contributed by atoms with Crippen LogP contribution >= 0.6 is 0 Å². The van der Waals surface area contributed by atoms with Gasteiger partial charge in [0.15, 0.2) is 9.84 Å². The Kier molecular flexibility index (Phi) is 3.52. The van der Waals surface area contributed by atoms with E-state index in [2.05, 4.69) is 12.0 Å². The van der Waals surface area contributed by atoms with Crippen LogP contribution in [0.15, 0.2) is 0 Å². The van der Waals surface area contributed by atoms with Crippen LogP contribution in [0.25, 0.3) is 0 Å². The molecule has 1 aliphatic carbocycles. The SMILES string of the molecule is CCc1c(CC2CCC2)nn(C2CCS(=O)(=O)C2)c1N. The summed E-state index contributed by atoms with van der Waals surface area (Å²) in [6.45, 7) is 2.09. The number of nitrogens with zero attached hydrogens (tertiary/aromatic N) is 2. The lowest BCUT2D eigenvalue weighted by atomic mass is 9.81. The minimum atomic E-state index is -2.90. The minimum Gasteiger partial charge on any atom is -0.384 e. The van der Waals surface area contributed by atoms with E-state index in [4.69, 9.17) is 5.73 Å². The number of nitrogen functional groups attached to an aromatic ring is 1. The molecule has 2 heterocycles. The summed E-state index contributed by atoms with van der Waals surface area (Å²) in [5.74, 6) is 1.88. The molecule has 1 saturated heterocycles. The van der Waals surface area contributed by atoms with Gasteiger partial charge < -0.3 is 5.73 Å². The third kappa shape index (κ3) is 2.45. The molecule has 0 spiro atoms. The molecule has 1 aromatic rings. The number of hydrogen-bond acceptors (Lipinski definition) is 4. The molecule has 1 saturated carbocycles. The summed E-state index contributed by atoms with van der Waals surface area (Å²) in [5.41, 5.74) is 8.45. The molecule has 0 radical (unpaired) electrons. The highest BCUT2D eigenvalue weighted by Crippen LogP contribution is 2.34. The third-order valence-electron chi connectivity index (χ3n) is 4.75. The Hall–Kier alpha value is -1.04. The fraction of sp³-hybridized carbons (Fsp3) is 0.786. The highest BCUT2D eigenvalue weighted by molar-refractivity contribution is 7.91. The number of sulfone groups is 1. The van der Waals surface area contributed by atoms with Crippen molar-refractivity contribution in [2.45, 2.75) is 51.5 Å². The van der Waals surface area contributed by atoms with Gasteiger partial charge in [0.2, 0.25) is 0 Å². The monoisotopic (exact) mass is 297 g/mol. The van der Waals surface area contributed by atoms with Crippen molar-refractivity contribution in [1.29, 1.82) is 0 Å². The van der Waals surface area contributed by atoms with Gasteiger partial charge in [0.25, 0.3) is 0 Å². The molecule has 112 valence electrons. The van der Waals surface area contributed by atoms with Gasteiger partial charge in [-0.2, -0.15) is 5.10 Å². The van der Waals surface area contributed by atoms with Crippen LogP contribution in [0, 0.1) is 5.92 Å². The smallest absolute Gasteiger partial charge is 0.152 e. The molecule has 1 aromatic heterocycles. The van der Waals surface area contributed by atoms with Crippen molar-refractivity contribution in [3.8, 4) is 0 Å². The van der Waals surface area contributed by atoms with E-state index in [1.54, 1.807) is 4.68 Å². The fourth-order valence-electron chi connectivity index (χ4n) is 3.30. The molecule has 5 nitrogen and oxygen atoms in total. The molecule has 1 aliphatic heterocycles. The second-order valence-electron chi connectivity index (χ2n) is 6.17. The Morgan fingerprint density at radius 1 is 1.35 bits per heavy atom. The van der Waals surface area contributed by atoms with E-state index in [1.165, 1.54) is 19.3 Å². The number of aromatic nitrogens is 2. The molecule has 6 heteroatoms. The van der Waals surface area contributed by atoms with Crippen LogP contribution in [0.2, 0.25) is 0 Å². The van der Waals surface area contributed by atoms with Gasteiger partial charge in [-0.15, -0.1) is 0 Å². The number of nitrogens with two attached hydrogens (primary N) is 1. The standard InChI is InChI=1S/C14H23N3O2S/c1-2-12-13(8-10-4-3-5-10)16-17(14(12)15)11-6-7-20(18,19)9-11/h10-11H,2-9,15H2,1H3. The highest BCUT2D eigenvalue weighted by atomic mass is 32.2. The van der Waals surface area contributed by atoms with Crippen LogP contribution in [0.3, 0.4) is 0 Å². The summed E-state index contributed by atoms with van der Waals surface area (Å²) in [4.78, 5) is 0. The molecule has 2 aliphatic rings. The molecule has 20 heavy (non-hydrogen) atoms. The van der Waals surface area contributed by atoms with E-state index in [9.17, 15) is 8.42 Å². The molecule has 1 unspecified atom stereocenters.